The lowest BCUT2D eigenvalue weighted by Crippen LogP contribution is -2.32. The van der Waals surface area contributed by atoms with E-state index < -0.39 is 12.7 Å². The molecule has 0 atom stereocenters. The van der Waals surface area contributed by atoms with Gasteiger partial charge in [-0.3, -0.25) is 4.68 Å². The Labute approximate surface area is 131 Å². The molecule has 0 fully saturated rings. The molecule has 0 aromatic carbocycles. The Morgan fingerprint density at radius 1 is 1.32 bits per heavy atom. The van der Waals surface area contributed by atoms with E-state index in [0.29, 0.717) is 12.0 Å². The number of carbonyl (C=O) groups excluding carboxylic acids is 1. The first-order chi connectivity index (χ1) is 10.3. The summed E-state index contributed by atoms with van der Waals surface area (Å²) in [4.78, 5) is 11.4. The van der Waals surface area contributed by atoms with Gasteiger partial charge in [-0.1, -0.05) is 12.8 Å². The van der Waals surface area contributed by atoms with Crippen molar-refractivity contribution in [2.24, 2.45) is 0 Å². The molecule has 1 aromatic rings. The number of alkyl carbamates (subject to hydrolysis) is 1. The Morgan fingerprint density at radius 2 is 2.00 bits per heavy atom. The van der Waals surface area contributed by atoms with Gasteiger partial charge in [0.05, 0.1) is 0 Å². The average Bonchev–Trinajstić information content (AvgIpc) is 2.84. The number of nitrogens with zero attached hydrogens (tertiary/aromatic N) is 2. The van der Waals surface area contributed by atoms with Crippen LogP contribution in [0.15, 0.2) is 12.4 Å². The second kappa shape index (κ2) is 8.80. The standard InChI is InChI=1S/C14H26BN3O4/c1-14(2,3)22-13(19)16-8-6-4-5-7-9-18-11-12(10-17-18)15(20)21/h10-11,20-21H,4-9H2,1-3H3,(H,16,19). The van der Waals surface area contributed by atoms with Gasteiger partial charge >= 0.3 is 13.2 Å². The molecule has 0 spiro atoms. The molecule has 0 bridgehead atoms. The fourth-order valence-electron chi connectivity index (χ4n) is 1.89. The molecule has 0 radical (unpaired) electrons. The average molecular weight is 311 g/mol. The van der Waals surface area contributed by atoms with E-state index in [-0.39, 0.29) is 6.09 Å². The summed E-state index contributed by atoms with van der Waals surface area (Å²) in [6.07, 6.45) is 6.59. The minimum atomic E-state index is -1.47. The second-order valence-corrected chi connectivity index (χ2v) is 6.25. The number of aryl methyl sites for hydroxylation is 1. The van der Waals surface area contributed by atoms with Crippen LogP contribution in [0.25, 0.3) is 0 Å². The molecule has 0 aliphatic rings. The number of rotatable bonds is 8. The number of aromatic nitrogens is 2. The first-order valence-corrected chi connectivity index (χ1v) is 7.63. The van der Waals surface area contributed by atoms with Crippen LogP contribution in [0.5, 0.6) is 0 Å². The van der Waals surface area contributed by atoms with E-state index in [2.05, 4.69) is 10.4 Å². The molecule has 1 aromatic heterocycles. The zero-order valence-electron chi connectivity index (χ0n) is 13.6. The third-order valence-corrected chi connectivity index (χ3v) is 2.93. The summed E-state index contributed by atoms with van der Waals surface area (Å²) in [5.74, 6) is 0. The molecule has 0 aliphatic carbocycles. The molecule has 1 rings (SSSR count). The van der Waals surface area contributed by atoms with Crippen molar-refractivity contribution in [3.05, 3.63) is 12.4 Å². The summed E-state index contributed by atoms with van der Waals surface area (Å²) in [5.41, 5.74) is -0.0592. The van der Waals surface area contributed by atoms with Gasteiger partial charge in [-0.15, -0.1) is 0 Å². The van der Waals surface area contributed by atoms with Crippen LogP contribution in [0, 0.1) is 0 Å². The highest BCUT2D eigenvalue weighted by atomic mass is 16.6. The van der Waals surface area contributed by atoms with Gasteiger partial charge in [0.15, 0.2) is 0 Å². The van der Waals surface area contributed by atoms with Crippen molar-refractivity contribution in [3.63, 3.8) is 0 Å². The largest absolute Gasteiger partial charge is 0.491 e. The van der Waals surface area contributed by atoms with Gasteiger partial charge in [-0.2, -0.15) is 5.10 Å². The van der Waals surface area contributed by atoms with Crippen molar-refractivity contribution < 1.29 is 19.6 Å². The quantitative estimate of drug-likeness (QED) is 0.484. The minimum Gasteiger partial charge on any atom is -0.444 e. The van der Waals surface area contributed by atoms with E-state index in [1.807, 2.05) is 20.8 Å². The summed E-state index contributed by atoms with van der Waals surface area (Å²) < 4.78 is 6.84. The van der Waals surface area contributed by atoms with Gasteiger partial charge in [0.25, 0.3) is 0 Å². The number of ether oxygens (including phenoxy) is 1. The van der Waals surface area contributed by atoms with E-state index in [1.165, 1.54) is 6.20 Å². The predicted molar refractivity (Wildman–Crippen MR) is 84.8 cm³/mol. The third-order valence-electron chi connectivity index (χ3n) is 2.93. The van der Waals surface area contributed by atoms with Crippen LogP contribution in [0.3, 0.4) is 0 Å². The van der Waals surface area contributed by atoms with Gasteiger partial charge in [0.1, 0.15) is 5.60 Å². The van der Waals surface area contributed by atoms with Crippen LogP contribution in [-0.2, 0) is 11.3 Å². The lowest BCUT2D eigenvalue weighted by atomic mass is 9.83. The van der Waals surface area contributed by atoms with E-state index >= 15 is 0 Å². The van der Waals surface area contributed by atoms with Gasteiger partial charge in [0.2, 0.25) is 0 Å². The first-order valence-electron chi connectivity index (χ1n) is 7.63. The van der Waals surface area contributed by atoms with Gasteiger partial charge < -0.3 is 20.1 Å². The van der Waals surface area contributed by atoms with E-state index in [1.54, 1.807) is 10.9 Å². The fourth-order valence-corrected chi connectivity index (χ4v) is 1.89. The van der Waals surface area contributed by atoms with Crippen LogP contribution < -0.4 is 10.8 Å². The van der Waals surface area contributed by atoms with Crippen molar-refractivity contribution in [2.75, 3.05) is 6.54 Å². The maximum Gasteiger partial charge on any atom is 0.491 e. The summed E-state index contributed by atoms with van der Waals surface area (Å²) in [6, 6.07) is 0. The molecule has 124 valence electrons. The van der Waals surface area contributed by atoms with Gasteiger partial charge in [-0.05, 0) is 33.6 Å². The van der Waals surface area contributed by atoms with E-state index in [0.717, 1.165) is 32.2 Å². The predicted octanol–water partition coefficient (Wildman–Crippen LogP) is 0.648. The number of nitrogens with one attached hydrogen (secondary N) is 1. The van der Waals surface area contributed by atoms with Crippen LogP contribution in [0.4, 0.5) is 4.79 Å². The topological polar surface area (TPSA) is 96.6 Å². The summed E-state index contributed by atoms with van der Waals surface area (Å²) >= 11 is 0. The molecule has 0 aliphatic heterocycles. The monoisotopic (exact) mass is 311 g/mol. The number of carbonyl (C=O) groups is 1. The van der Waals surface area contributed by atoms with Crippen molar-refractivity contribution in [2.45, 2.75) is 58.6 Å². The molecule has 22 heavy (non-hydrogen) atoms. The maximum atomic E-state index is 11.4. The van der Waals surface area contributed by atoms with Gasteiger partial charge in [-0.25, -0.2) is 4.79 Å². The van der Waals surface area contributed by atoms with E-state index in [9.17, 15) is 4.79 Å². The molecule has 1 amide bonds. The molecular formula is C14H26BN3O4. The molecule has 0 saturated heterocycles. The number of hydrogen-bond acceptors (Lipinski definition) is 5. The molecule has 1 heterocycles. The Kier molecular flexibility index (Phi) is 7.40. The fraction of sp³-hybridized carbons (Fsp3) is 0.714. The highest BCUT2D eigenvalue weighted by Crippen LogP contribution is 2.06. The molecule has 0 saturated carbocycles. The van der Waals surface area contributed by atoms with Gasteiger partial charge in [0, 0.05) is 30.9 Å². The van der Waals surface area contributed by atoms with Crippen molar-refractivity contribution >= 4 is 18.7 Å². The maximum absolute atomic E-state index is 11.4. The third kappa shape index (κ3) is 8.04. The number of hydrogen-bond donors (Lipinski definition) is 3. The zero-order valence-corrected chi connectivity index (χ0v) is 13.6. The van der Waals surface area contributed by atoms with Crippen molar-refractivity contribution in [1.29, 1.82) is 0 Å². The Morgan fingerprint density at radius 3 is 2.59 bits per heavy atom. The summed E-state index contributed by atoms with van der Waals surface area (Å²) in [7, 11) is -1.47. The zero-order chi connectivity index (χ0) is 16.6. The highest BCUT2D eigenvalue weighted by molar-refractivity contribution is 6.58. The van der Waals surface area contributed by atoms with Crippen LogP contribution in [0.1, 0.15) is 46.5 Å². The Hall–Kier alpha value is -1.54. The summed E-state index contributed by atoms with van der Waals surface area (Å²) in [5, 5.41) is 24.7. The highest BCUT2D eigenvalue weighted by Gasteiger charge is 2.15. The van der Waals surface area contributed by atoms with E-state index in [4.69, 9.17) is 14.8 Å². The molecule has 8 heteroatoms. The van der Waals surface area contributed by atoms with Crippen molar-refractivity contribution in [3.8, 4) is 0 Å². The first kappa shape index (κ1) is 18.5. The summed E-state index contributed by atoms with van der Waals surface area (Å²) in [6.45, 7) is 6.86. The molecule has 0 unspecified atom stereocenters. The van der Waals surface area contributed by atoms with Crippen LogP contribution >= 0.6 is 0 Å². The number of amides is 1. The van der Waals surface area contributed by atoms with Crippen LogP contribution in [0.2, 0.25) is 0 Å². The van der Waals surface area contributed by atoms with Crippen molar-refractivity contribution in [1.82, 2.24) is 15.1 Å². The molecular weight excluding hydrogens is 285 g/mol. The Bertz CT molecular complexity index is 457. The molecule has 7 nitrogen and oxygen atoms in total. The molecule has 3 N–H and O–H groups in total. The lowest BCUT2D eigenvalue weighted by molar-refractivity contribution is 0.0527. The smallest absolute Gasteiger partial charge is 0.444 e. The normalized spacial score (nSPS) is 11.3. The number of unbranched alkanes of at least 4 members (excludes halogenated alkanes) is 3. The lowest BCUT2D eigenvalue weighted by Gasteiger charge is -2.19. The SMILES string of the molecule is CC(C)(C)OC(=O)NCCCCCCn1cc(B(O)O)cn1. The second-order valence-electron chi connectivity index (χ2n) is 6.25. The minimum absolute atomic E-state index is 0.376. The Balaban J connectivity index is 2.02. The van der Waals surface area contributed by atoms with Crippen LogP contribution in [-0.4, -0.2) is 45.2 Å².